The molecule has 5 rings (SSSR count). The Morgan fingerprint density at radius 1 is 0.977 bits per heavy atom. The van der Waals surface area contributed by atoms with Crippen molar-refractivity contribution in [2.75, 3.05) is 0 Å². The molecule has 2 N–H and O–H groups in total. The average Bonchev–Trinajstić information content (AvgIpc) is 3.21. The molecule has 0 aliphatic carbocycles. The van der Waals surface area contributed by atoms with Crippen LogP contribution in [-0.2, 0) is 12.0 Å². The molecule has 3 aromatic carbocycles. The van der Waals surface area contributed by atoms with Crippen LogP contribution >= 0.6 is 15.9 Å². The van der Waals surface area contributed by atoms with Crippen LogP contribution in [0.1, 0.15) is 82.5 Å². The standard InChI is InChI=1S/C36H36BrN3O3/c1-21-23(3)40(33-16-11-26(17-30(21)33)34(41)39-22(2)32-15-13-28(37)19-38-32)20-24-7-9-25(10-8-24)31-18-27(36(4,5)6)12-14-29(31)35(42)43/h7-19,22H,20H2,1-6H3,(H,39,41)(H,42,43). The van der Waals surface area contributed by atoms with Crippen molar-refractivity contribution in [2.24, 2.45) is 0 Å². The minimum Gasteiger partial charge on any atom is -0.478 e. The second-order valence-electron chi connectivity index (χ2n) is 12.1. The summed E-state index contributed by atoms with van der Waals surface area (Å²) in [6.45, 7) is 13.1. The van der Waals surface area contributed by atoms with E-state index in [4.69, 9.17) is 0 Å². The molecule has 220 valence electrons. The van der Waals surface area contributed by atoms with E-state index < -0.39 is 5.97 Å². The maximum Gasteiger partial charge on any atom is 0.336 e. The van der Waals surface area contributed by atoms with Gasteiger partial charge >= 0.3 is 5.97 Å². The minimum atomic E-state index is -0.933. The van der Waals surface area contributed by atoms with E-state index in [0.29, 0.717) is 17.7 Å². The highest BCUT2D eigenvalue weighted by atomic mass is 79.9. The van der Waals surface area contributed by atoms with Gasteiger partial charge in [-0.25, -0.2) is 4.79 Å². The van der Waals surface area contributed by atoms with Gasteiger partial charge in [-0.05, 0) is 112 Å². The highest BCUT2D eigenvalue weighted by Crippen LogP contribution is 2.32. The third-order valence-corrected chi connectivity index (χ3v) is 8.63. The lowest BCUT2D eigenvalue weighted by atomic mass is 9.84. The summed E-state index contributed by atoms with van der Waals surface area (Å²) in [4.78, 5) is 29.5. The van der Waals surface area contributed by atoms with Crippen LogP contribution in [0.5, 0.6) is 0 Å². The molecule has 2 heterocycles. The molecule has 0 fully saturated rings. The van der Waals surface area contributed by atoms with Crippen LogP contribution in [-0.4, -0.2) is 26.5 Å². The van der Waals surface area contributed by atoms with Gasteiger partial charge in [-0.3, -0.25) is 9.78 Å². The number of amides is 1. The normalized spacial score (nSPS) is 12.3. The molecule has 7 heteroatoms. The predicted molar refractivity (Wildman–Crippen MR) is 176 cm³/mol. The fourth-order valence-corrected chi connectivity index (χ4v) is 5.64. The van der Waals surface area contributed by atoms with Crippen LogP contribution in [0.4, 0.5) is 0 Å². The van der Waals surface area contributed by atoms with Gasteiger partial charge in [-0.1, -0.05) is 51.1 Å². The number of carboxylic acid groups (broad SMARTS) is 1. The van der Waals surface area contributed by atoms with E-state index in [2.05, 4.69) is 77.5 Å². The molecule has 0 bridgehead atoms. The molecular weight excluding hydrogens is 602 g/mol. The van der Waals surface area contributed by atoms with Crippen LogP contribution in [0.3, 0.4) is 0 Å². The lowest BCUT2D eigenvalue weighted by Crippen LogP contribution is -2.27. The Labute approximate surface area is 260 Å². The number of aryl methyl sites for hydroxylation is 1. The molecule has 0 saturated heterocycles. The number of benzene rings is 3. The summed E-state index contributed by atoms with van der Waals surface area (Å²) in [5.74, 6) is -1.08. The first-order valence-corrected chi connectivity index (χ1v) is 15.1. The molecule has 0 radical (unpaired) electrons. The summed E-state index contributed by atoms with van der Waals surface area (Å²) in [6, 6.07) is 23.2. The van der Waals surface area contributed by atoms with Crippen molar-refractivity contribution in [3.8, 4) is 11.1 Å². The van der Waals surface area contributed by atoms with E-state index in [1.165, 1.54) is 0 Å². The second kappa shape index (κ2) is 11.8. The molecule has 43 heavy (non-hydrogen) atoms. The van der Waals surface area contributed by atoms with Gasteiger partial charge in [0.1, 0.15) is 0 Å². The van der Waals surface area contributed by atoms with E-state index in [1.54, 1.807) is 12.3 Å². The summed E-state index contributed by atoms with van der Waals surface area (Å²) in [5.41, 5.74) is 8.72. The summed E-state index contributed by atoms with van der Waals surface area (Å²) >= 11 is 3.40. The van der Waals surface area contributed by atoms with Crippen LogP contribution in [0.15, 0.2) is 83.5 Å². The number of aromatic carboxylic acids is 1. The van der Waals surface area contributed by atoms with Gasteiger partial charge in [0, 0.05) is 39.4 Å². The van der Waals surface area contributed by atoms with Crippen LogP contribution in [0, 0.1) is 13.8 Å². The monoisotopic (exact) mass is 637 g/mol. The number of nitrogens with zero attached hydrogens (tertiary/aromatic N) is 2. The molecule has 6 nitrogen and oxygen atoms in total. The van der Waals surface area contributed by atoms with Gasteiger partial charge in [0.15, 0.2) is 0 Å². The van der Waals surface area contributed by atoms with E-state index in [-0.39, 0.29) is 17.4 Å². The molecule has 1 atom stereocenters. The van der Waals surface area contributed by atoms with Crippen LogP contribution < -0.4 is 5.32 Å². The number of rotatable bonds is 7. The fourth-order valence-electron chi connectivity index (χ4n) is 5.40. The lowest BCUT2D eigenvalue weighted by molar-refractivity contribution is 0.0697. The highest BCUT2D eigenvalue weighted by molar-refractivity contribution is 9.10. The predicted octanol–water partition coefficient (Wildman–Crippen LogP) is 8.62. The summed E-state index contributed by atoms with van der Waals surface area (Å²) in [6.07, 6.45) is 1.73. The maximum absolute atomic E-state index is 13.1. The van der Waals surface area contributed by atoms with Gasteiger partial charge in [-0.15, -0.1) is 0 Å². The topological polar surface area (TPSA) is 84.2 Å². The van der Waals surface area contributed by atoms with Crippen molar-refractivity contribution in [3.63, 3.8) is 0 Å². The van der Waals surface area contributed by atoms with Gasteiger partial charge in [0.05, 0.1) is 17.3 Å². The fraction of sp³-hybridized carbons (Fsp3) is 0.250. The van der Waals surface area contributed by atoms with Crippen molar-refractivity contribution in [2.45, 2.75) is 59.5 Å². The number of carbonyl (C=O) groups is 2. The smallest absolute Gasteiger partial charge is 0.336 e. The Balaban J connectivity index is 1.40. The third kappa shape index (κ3) is 6.27. The van der Waals surface area contributed by atoms with E-state index in [9.17, 15) is 14.7 Å². The number of carbonyl (C=O) groups excluding carboxylic acids is 1. The number of halogens is 1. The number of hydrogen-bond acceptors (Lipinski definition) is 3. The number of nitrogens with one attached hydrogen (secondary N) is 1. The molecule has 5 aromatic rings. The first-order chi connectivity index (χ1) is 20.3. The zero-order chi connectivity index (χ0) is 31.1. The Bertz CT molecular complexity index is 1830. The Kier molecular flexibility index (Phi) is 8.30. The summed E-state index contributed by atoms with van der Waals surface area (Å²) < 4.78 is 3.16. The van der Waals surface area contributed by atoms with E-state index >= 15 is 0 Å². The Hall–Kier alpha value is -4.23. The Morgan fingerprint density at radius 2 is 1.70 bits per heavy atom. The van der Waals surface area contributed by atoms with Crippen molar-refractivity contribution in [1.82, 2.24) is 14.9 Å². The van der Waals surface area contributed by atoms with E-state index in [1.807, 2.05) is 61.5 Å². The third-order valence-electron chi connectivity index (χ3n) is 8.16. The molecule has 1 amide bonds. The van der Waals surface area contributed by atoms with Gasteiger partial charge in [-0.2, -0.15) is 0 Å². The number of hydrogen-bond donors (Lipinski definition) is 2. The summed E-state index contributed by atoms with van der Waals surface area (Å²) in [5, 5.41) is 13.9. The number of fused-ring (bicyclic) bond motifs is 1. The van der Waals surface area contributed by atoms with E-state index in [0.717, 1.165) is 54.6 Å². The zero-order valence-corrected chi connectivity index (χ0v) is 26.9. The Morgan fingerprint density at radius 3 is 2.33 bits per heavy atom. The largest absolute Gasteiger partial charge is 0.478 e. The summed E-state index contributed by atoms with van der Waals surface area (Å²) in [7, 11) is 0. The highest BCUT2D eigenvalue weighted by Gasteiger charge is 2.20. The number of pyridine rings is 1. The van der Waals surface area contributed by atoms with Crippen molar-refractivity contribution in [3.05, 3.63) is 123 Å². The molecule has 0 spiro atoms. The molecule has 1 unspecified atom stereocenters. The molecule has 0 aliphatic heterocycles. The molecule has 0 aliphatic rings. The van der Waals surface area contributed by atoms with Gasteiger partial charge in [0.2, 0.25) is 0 Å². The molecule has 0 saturated carbocycles. The van der Waals surface area contributed by atoms with Gasteiger partial charge < -0.3 is 15.0 Å². The molecule has 2 aromatic heterocycles. The first-order valence-electron chi connectivity index (χ1n) is 14.3. The lowest BCUT2D eigenvalue weighted by Gasteiger charge is -2.21. The SMILES string of the molecule is Cc1c(C)n(Cc2ccc(-c3cc(C(C)(C)C)ccc3C(=O)O)cc2)c2ccc(C(=O)NC(C)c3ccc(Br)cn3)cc12. The average molecular weight is 639 g/mol. The van der Waals surface area contributed by atoms with Crippen LogP contribution in [0.2, 0.25) is 0 Å². The first kappa shape index (κ1) is 30.2. The quantitative estimate of drug-likeness (QED) is 0.187. The number of aromatic nitrogens is 2. The zero-order valence-electron chi connectivity index (χ0n) is 25.3. The number of carboxylic acids is 1. The van der Waals surface area contributed by atoms with Crippen molar-refractivity contribution in [1.29, 1.82) is 0 Å². The minimum absolute atomic E-state index is 0.0912. The van der Waals surface area contributed by atoms with Crippen molar-refractivity contribution >= 4 is 38.7 Å². The van der Waals surface area contributed by atoms with Crippen LogP contribution in [0.25, 0.3) is 22.0 Å². The van der Waals surface area contributed by atoms with Gasteiger partial charge in [0.25, 0.3) is 5.91 Å². The van der Waals surface area contributed by atoms with Crippen molar-refractivity contribution < 1.29 is 14.7 Å². The molecular formula is C36H36BrN3O3. The second-order valence-corrected chi connectivity index (χ2v) is 13.1. The maximum atomic E-state index is 13.1.